The summed E-state index contributed by atoms with van der Waals surface area (Å²) in [6.07, 6.45) is 1.01. The van der Waals surface area contributed by atoms with Crippen LogP contribution >= 0.6 is 15.9 Å². The summed E-state index contributed by atoms with van der Waals surface area (Å²) in [5.74, 6) is 7.21. The van der Waals surface area contributed by atoms with Crippen LogP contribution in [0.1, 0.15) is 23.4 Å². The lowest BCUT2D eigenvalue weighted by Crippen LogP contribution is -2.24. The normalized spacial score (nSPS) is 9.96. The summed E-state index contributed by atoms with van der Waals surface area (Å²) in [7, 11) is 0. The molecule has 0 saturated carbocycles. The molecule has 0 spiro atoms. The van der Waals surface area contributed by atoms with Crippen molar-refractivity contribution in [3.63, 3.8) is 0 Å². The van der Waals surface area contributed by atoms with E-state index in [1.54, 1.807) is 0 Å². The van der Waals surface area contributed by atoms with Crippen LogP contribution in [0.2, 0.25) is 0 Å². The Bertz CT molecular complexity index is 740. The molecule has 0 aliphatic rings. The molecule has 126 valence electrons. The Balaban J connectivity index is 1.64. The quantitative estimate of drug-likeness (QED) is 0.769. The van der Waals surface area contributed by atoms with E-state index >= 15 is 0 Å². The molecular formula is C18H19BrN2O3. The summed E-state index contributed by atoms with van der Waals surface area (Å²) in [6, 6.07) is 7.56. The van der Waals surface area contributed by atoms with Crippen molar-refractivity contribution in [2.45, 2.75) is 26.7 Å². The maximum atomic E-state index is 11.8. The molecule has 1 amide bonds. The molecule has 24 heavy (non-hydrogen) atoms. The predicted octanol–water partition coefficient (Wildman–Crippen LogP) is 3.19. The molecule has 0 saturated heterocycles. The Morgan fingerprint density at radius 2 is 2.21 bits per heavy atom. The van der Waals surface area contributed by atoms with Gasteiger partial charge >= 0.3 is 0 Å². The van der Waals surface area contributed by atoms with E-state index < -0.39 is 0 Å². The SMILES string of the molecule is Cc1noc(C)c1CCC(=O)NCC#CCOc1cccc(Br)c1. The fraction of sp³-hybridized carbons (Fsp3) is 0.333. The molecule has 0 atom stereocenters. The highest BCUT2D eigenvalue weighted by atomic mass is 79.9. The van der Waals surface area contributed by atoms with Crippen molar-refractivity contribution in [1.82, 2.24) is 10.5 Å². The van der Waals surface area contributed by atoms with Crippen molar-refractivity contribution in [2.24, 2.45) is 0 Å². The third kappa shape index (κ3) is 5.74. The molecule has 1 aromatic heterocycles. The van der Waals surface area contributed by atoms with E-state index in [2.05, 4.69) is 38.2 Å². The zero-order valence-electron chi connectivity index (χ0n) is 13.7. The van der Waals surface area contributed by atoms with Gasteiger partial charge in [-0.25, -0.2) is 0 Å². The fourth-order valence-electron chi connectivity index (χ4n) is 2.12. The highest BCUT2D eigenvalue weighted by Crippen LogP contribution is 2.17. The molecule has 2 rings (SSSR count). The number of hydrogen-bond acceptors (Lipinski definition) is 4. The summed E-state index contributed by atoms with van der Waals surface area (Å²) >= 11 is 3.38. The topological polar surface area (TPSA) is 64.4 Å². The number of rotatable bonds is 6. The summed E-state index contributed by atoms with van der Waals surface area (Å²) < 4.78 is 11.5. The number of aryl methyl sites for hydroxylation is 2. The molecule has 6 heteroatoms. The molecular weight excluding hydrogens is 372 g/mol. The van der Waals surface area contributed by atoms with Crippen molar-refractivity contribution < 1.29 is 14.1 Å². The Labute approximate surface area is 149 Å². The number of carbonyl (C=O) groups excluding carboxylic acids is 1. The zero-order chi connectivity index (χ0) is 17.4. The maximum Gasteiger partial charge on any atom is 0.221 e. The van der Waals surface area contributed by atoms with Gasteiger partial charge in [-0.2, -0.15) is 0 Å². The van der Waals surface area contributed by atoms with E-state index in [0.717, 1.165) is 27.2 Å². The second-order valence-electron chi connectivity index (χ2n) is 5.18. The first kappa shape index (κ1) is 18.1. The first-order valence-electron chi connectivity index (χ1n) is 7.59. The number of amides is 1. The van der Waals surface area contributed by atoms with E-state index in [-0.39, 0.29) is 12.5 Å². The van der Waals surface area contributed by atoms with Crippen molar-refractivity contribution in [1.29, 1.82) is 0 Å². The van der Waals surface area contributed by atoms with Gasteiger partial charge in [-0.1, -0.05) is 39.0 Å². The Hall–Kier alpha value is -2.26. The zero-order valence-corrected chi connectivity index (χ0v) is 15.3. The van der Waals surface area contributed by atoms with E-state index in [1.165, 1.54) is 0 Å². The monoisotopic (exact) mass is 390 g/mol. The van der Waals surface area contributed by atoms with Gasteiger partial charge in [0.25, 0.3) is 0 Å². The molecule has 0 aliphatic heterocycles. The van der Waals surface area contributed by atoms with E-state index in [0.29, 0.717) is 19.4 Å². The van der Waals surface area contributed by atoms with Crippen LogP contribution in [0.5, 0.6) is 5.75 Å². The lowest BCUT2D eigenvalue weighted by atomic mass is 10.1. The van der Waals surface area contributed by atoms with Gasteiger partial charge in [0.15, 0.2) is 0 Å². The average molecular weight is 391 g/mol. The number of nitrogens with one attached hydrogen (secondary N) is 1. The minimum atomic E-state index is -0.0443. The minimum absolute atomic E-state index is 0.0443. The molecule has 1 aromatic carbocycles. The van der Waals surface area contributed by atoms with Crippen molar-refractivity contribution in [3.05, 3.63) is 45.8 Å². The summed E-state index contributed by atoms with van der Waals surface area (Å²) in [4.78, 5) is 11.8. The number of hydrogen-bond donors (Lipinski definition) is 1. The van der Waals surface area contributed by atoms with Crippen LogP contribution in [0, 0.1) is 25.7 Å². The molecule has 0 fully saturated rings. The number of carbonyl (C=O) groups is 1. The van der Waals surface area contributed by atoms with Crippen molar-refractivity contribution in [2.75, 3.05) is 13.2 Å². The first-order valence-corrected chi connectivity index (χ1v) is 8.38. The van der Waals surface area contributed by atoms with Gasteiger partial charge in [-0.3, -0.25) is 4.79 Å². The van der Waals surface area contributed by atoms with E-state index in [1.807, 2.05) is 38.1 Å². The molecule has 0 bridgehead atoms. The lowest BCUT2D eigenvalue weighted by Gasteiger charge is -2.02. The average Bonchev–Trinajstić information content (AvgIpc) is 2.87. The van der Waals surface area contributed by atoms with Gasteiger partial charge < -0.3 is 14.6 Å². The third-order valence-corrected chi connectivity index (χ3v) is 3.88. The number of benzene rings is 1. The van der Waals surface area contributed by atoms with Crippen LogP contribution in [0.4, 0.5) is 0 Å². The molecule has 0 aliphatic carbocycles. The Morgan fingerprint density at radius 3 is 2.92 bits per heavy atom. The molecule has 1 N–H and O–H groups in total. The molecule has 0 unspecified atom stereocenters. The standard InChI is InChI=1S/C18H19BrN2O3/c1-13-17(14(2)24-21-13)8-9-18(22)20-10-3-4-11-23-16-7-5-6-15(19)12-16/h5-7,12H,8-11H2,1-2H3,(H,20,22). The van der Waals surface area contributed by atoms with E-state index in [9.17, 15) is 4.79 Å². The molecule has 2 aromatic rings. The van der Waals surface area contributed by atoms with Gasteiger partial charge in [-0.15, -0.1) is 0 Å². The number of aromatic nitrogens is 1. The fourth-order valence-corrected chi connectivity index (χ4v) is 2.50. The maximum absolute atomic E-state index is 11.8. The van der Waals surface area contributed by atoms with Crippen LogP contribution in [0.15, 0.2) is 33.3 Å². The second kappa shape index (κ2) is 9.14. The van der Waals surface area contributed by atoms with E-state index in [4.69, 9.17) is 9.26 Å². The van der Waals surface area contributed by atoms with Gasteiger partial charge in [0.2, 0.25) is 5.91 Å². The van der Waals surface area contributed by atoms with Gasteiger partial charge in [0.05, 0.1) is 12.2 Å². The Kier molecular flexibility index (Phi) is 6.89. The third-order valence-electron chi connectivity index (χ3n) is 3.39. The highest BCUT2D eigenvalue weighted by Gasteiger charge is 2.10. The lowest BCUT2D eigenvalue weighted by molar-refractivity contribution is -0.120. The molecule has 5 nitrogen and oxygen atoms in total. The molecule has 0 radical (unpaired) electrons. The number of nitrogens with zero attached hydrogens (tertiary/aromatic N) is 1. The first-order chi connectivity index (χ1) is 11.6. The Morgan fingerprint density at radius 1 is 1.38 bits per heavy atom. The number of ether oxygens (including phenoxy) is 1. The number of halogens is 1. The second-order valence-corrected chi connectivity index (χ2v) is 6.09. The van der Waals surface area contributed by atoms with Crippen LogP contribution < -0.4 is 10.1 Å². The van der Waals surface area contributed by atoms with Gasteiger partial charge in [0.1, 0.15) is 18.1 Å². The van der Waals surface area contributed by atoms with Gasteiger partial charge in [0, 0.05) is 16.5 Å². The predicted molar refractivity (Wildman–Crippen MR) is 94.7 cm³/mol. The van der Waals surface area contributed by atoms with Crippen molar-refractivity contribution in [3.8, 4) is 17.6 Å². The highest BCUT2D eigenvalue weighted by molar-refractivity contribution is 9.10. The summed E-state index contributed by atoms with van der Waals surface area (Å²) in [5.41, 5.74) is 1.84. The van der Waals surface area contributed by atoms with Crippen molar-refractivity contribution >= 4 is 21.8 Å². The van der Waals surface area contributed by atoms with Crippen LogP contribution in [0.3, 0.4) is 0 Å². The summed E-state index contributed by atoms with van der Waals surface area (Å²) in [6.45, 7) is 4.32. The summed E-state index contributed by atoms with van der Waals surface area (Å²) in [5, 5.41) is 6.64. The van der Waals surface area contributed by atoms with Crippen LogP contribution in [0.25, 0.3) is 0 Å². The smallest absolute Gasteiger partial charge is 0.221 e. The van der Waals surface area contributed by atoms with Crippen LogP contribution in [-0.2, 0) is 11.2 Å². The van der Waals surface area contributed by atoms with Gasteiger partial charge in [-0.05, 0) is 38.5 Å². The largest absolute Gasteiger partial charge is 0.481 e. The molecule has 1 heterocycles. The minimum Gasteiger partial charge on any atom is -0.481 e. The van der Waals surface area contributed by atoms with Crippen LogP contribution in [-0.4, -0.2) is 24.2 Å².